The standard InChI is InChI=1S/C12H14N2O6S/c15-14(16)11-3-1-2-4-12(11)21(17,18)13(5-9-7-19-9)6-10-8-20-10/h1-4,9-10H,5-8H2/t9-,10-/m1/s1. The normalized spacial score (nSPS) is 24.0. The highest BCUT2D eigenvalue weighted by Crippen LogP contribution is 2.28. The number of nitro groups is 1. The third-order valence-corrected chi connectivity index (χ3v) is 5.18. The molecule has 2 heterocycles. The molecule has 3 rings (SSSR count). The third kappa shape index (κ3) is 3.21. The molecule has 1 aromatic rings. The van der Waals surface area contributed by atoms with E-state index in [9.17, 15) is 18.5 Å². The van der Waals surface area contributed by atoms with Gasteiger partial charge >= 0.3 is 0 Å². The van der Waals surface area contributed by atoms with Crippen LogP contribution in [0.3, 0.4) is 0 Å². The lowest BCUT2D eigenvalue weighted by molar-refractivity contribution is -0.387. The Morgan fingerprint density at radius 2 is 1.71 bits per heavy atom. The fraction of sp³-hybridized carbons (Fsp3) is 0.500. The number of ether oxygens (including phenoxy) is 2. The number of hydrogen-bond donors (Lipinski definition) is 0. The second-order valence-electron chi connectivity index (χ2n) is 4.96. The van der Waals surface area contributed by atoms with E-state index in [1.54, 1.807) is 0 Å². The van der Waals surface area contributed by atoms with Gasteiger partial charge in [-0.25, -0.2) is 8.42 Å². The van der Waals surface area contributed by atoms with Gasteiger partial charge in [-0.05, 0) is 6.07 Å². The summed E-state index contributed by atoms with van der Waals surface area (Å²) < 4.78 is 36.7. The number of sulfonamides is 1. The summed E-state index contributed by atoms with van der Waals surface area (Å²) in [5, 5.41) is 11.0. The van der Waals surface area contributed by atoms with Crippen LogP contribution in [0.4, 0.5) is 5.69 Å². The van der Waals surface area contributed by atoms with Crippen molar-refractivity contribution in [2.45, 2.75) is 17.1 Å². The largest absolute Gasteiger partial charge is 0.372 e. The molecule has 2 atom stereocenters. The predicted molar refractivity (Wildman–Crippen MR) is 71.3 cm³/mol. The van der Waals surface area contributed by atoms with Crippen LogP contribution < -0.4 is 0 Å². The van der Waals surface area contributed by atoms with Crippen molar-refractivity contribution in [1.82, 2.24) is 4.31 Å². The number of nitro benzene ring substituents is 1. The molecule has 0 saturated carbocycles. The van der Waals surface area contributed by atoms with E-state index in [0.29, 0.717) is 13.2 Å². The number of benzene rings is 1. The number of para-hydroxylation sites is 1. The maximum absolute atomic E-state index is 12.7. The van der Waals surface area contributed by atoms with E-state index in [1.807, 2.05) is 0 Å². The van der Waals surface area contributed by atoms with E-state index in [1.165, 1.54) is 28.6 Å². The Bertz CT molecular complexity index is 639. The average molecular weight is 314 g/mol. The average Bonchev–Trinajstić information content (AvgIpc) is 3.33. The summed E-state index contributed by atoms with van der Waals surface area (Å²) in [4.78, 5) is 10.1. The van der Waals surface area contributed by atoms with Crippen LogP contribution >= 0.6 is 0 Å². The molecule has 0 bridgehead atoms. The minimum Gasteiger partial charge on any atom is -0.372 e. The van der Waals surface area contributed by atoms with Gasteiger partial charge in [-0.1, -0.05) is 12.1 Å². The zero-order valence-corrected chi connectivity index (χ0v) is 11.9. The summed E-state index contributed by atoms with van der Waals surface area (Å²) in [6.45, 7) is 1.39. The van der Waals surface area contributed by atoms with Crippen molar-refractivity contribution in [1.29, 1.82) is 0 Å². The van der Waals surface area contributed by atoms with E-state index in [0.717, 1.165) is 0 Å². The number of rotatable bonds is 7. The van der Waals surface area contributed by atoms with Crippen molar-refractivity contribution in [3.63, 3.8) is 0 Å². The predicted octanol–water partition coefficient (Wildman–Crippen LogP) is 0.383. The van der Waals surface area contributed by atoms with Crippen LogP contribution in [0.2, 0.25) is 0 Å². The Balaban J connectivity index is 1.93. The van der Waals surface area contributed by atoms with E-state index in [2.05, 4.69) is 0 Å². The molecule has 0 spiro atoms. The topological polar surface area (TPSA) is 106 Å². The van der Waals surface area contributed by atoms with E-state index in [4.69, 9.17) is 9.47 Å². The quantitative estimate of drug-likeness (QED) is 0.409. The van der Waals surface area contributed by atoms with Crippen LogP contribution in [0.1, 0.15) is 0 Å². The van der Waals surface area contributed by atoms with Crippen molar-refractivity contribution in [2.24, 2.45) is 0 Å². The van der Waals surface area contributed by atoms with Crippen LogP contribution in [0.15, 0.2) is 29.2 Å². The zero-order valence-electron chi connectivity index (χ0n) is 11.0. The summed E-state index contributed by atoms with van der Waals surface area (Å²) in [5.74, 6) is 0. The molecule has 0 radical (unpaired) electrons. The Morgan fingerprint density at radius 1 is 1.19 bits per heavy atom. The molecule has 0 amide bonds. The minimum atomic E-state index is -3.96. The highest BCUT2D eigenvalue weighted by molar-refractivity contribution is 7.89. The molecule has 0 N–H and O–H groups in total. The van der Waals surface area contributed by atoms with Crippen molar-refractivity contribution < 1.29 is 22.8 Å². The minimum absolute atomic E-state index is 0.138. The molecule has 9 heteroatoms. The van der Waals surface area contributed by atoms with Crippen molar-refractivity contribution in [3.8, 4) is 0 Å². The van der Waals surface area contributed by atoms with E-state index in [-0.39, 0.29) is 30.2 Å². The monoisotopic (exact) mass is 314 g/mol. The summed E-state index contributed by atoms with van der Waals surface area (Å²) in [7, 11) is -3.96. The fourth-order valence-electron chi connectivity index (χ4n) is 2.04. The Labute approximate surface area is 121 Å². The molecule has 21 heavy (non-hydrogen) atoms. The van der Waals surface area contributed by atoms with Crippen LogP contribution in [0.5, 0.6) is 0 Å². The molecule has 2 aliphatic heterocycles. The lowest BCUT2D eigenvalue weighted by atomic mass is 10.3. The maximum Gasteiger partial charge on any atom is 0.289 e. The Hall–Kier alpha value is -1.55. The highest BCUT2D eigenvalue weighted by atomic mass is 32.2. The van der Waals surface area contributed by atoms with Gasteiger partial charge in [0, 0.05) is 19.2 Å². The molecule has 1 aromatic carbocycles. The SMILES string of the molecule is O=[N+]([O-])c1ccccc1S(=O)(=O)N(C[C@@H]1CO1)C[C@@H]1CO1. The Morgan fingerprint density at radius 3 is 2.19 bits per heavy atom. The summed E-state index contributed by atoms with van der Waals surface area (Å²) in [6.07, 6.45) is -0.275. The molecule has 2 aliphatic rings. The lowest BCUT2D eigenvalue weighted by Crippen LogP contribution is -2.37. The molecule has 8 nitrogen and oxygen atoms in total. The first kappa shape index (κ1) is 14.4. The van der Waals surface area contributed by atoms with Gasteiger partial charge in [0.1, 0.15) is 0 Å². The summed E-state index contributed by atoms with van der Waals surface area (Å²) in [6, 6.07) is 5.35. The van der Waals surface area contributed by atoms with Crippen molar-refractivity contribution >= 4 is 15.7 Å². The second kappa shape index (κ2) is 5.34. The van der Waals surface area contributed by atoms with Gasteiger partial charge in [-0.15, -0.1) is 0 Å². The number of nitrogens with zero attached hydrogens (tertiary/aromatic N) is 2. The van der Waals surface area contributed by atoms with Crippen LogP contribution in [-0.4, -0.2) is 56.2 Å². The molecule has 0 unspecified atom stereocenters. The van der Waals surface area contributed by atoms with Gasteiger partial charge in [0.05, 0.1) is 30.3 Å². The molecule has 0 aromatic heterocycles. The first-order chi connectivity index (χ1) is 9.98. The lowest BCUT2D eigenvalue weighted by Gasteiger charge is -2.20. The highest BCUT2D eigenvalue weighted by Gasteiger charge is 2.39. The smallest absolute Gasteiger partial charge is 0.289 e. The number of epoxide rings is 2. The maximum atomic E-state index is 12.7. The van der Waals surface area contributed by atoms with Crippen molar-refractivity contribution in [3.05, 3.63) is 34.4 Å². The van der Waals surface area contributed by atoms with Gasteiger partial charge in [0.2, 0.25) is 10.0 Å². The first-order valence-corrected chi connectivity index (χ1v) is 7.89. The summed E-state index contributed by atoms with van der Waals surface area (Å²) in [5.41, 5.74) is -0.420. The van der Waals surface area contributed by atoms with E-state index < -0.39 is 20.6 Å². The van der Waals surface area contributed by atoms with Gasteiger partial charge < -0.3 is 9.47 Å². The molecule has 2 saturated heterocycles. The molecule has 2 fully saturated rings. The van der Waals surface area contributed by atoms with Gasteiger partial charge in [-0.3, -0.25) is 10.1 Å². The van der Waals surface area contributed by atoms with Gasteiger partial charge in [0.25, 0.3) is 5.69 Å². The van der Waals surface area contributed by atoms with Crippen LogP contribution in [0, 0.1) is 10.1 Å². The zero-order chi connectivity index (χ0) is 15.0. The first-order valence-electron chi connectivity index (χ1n) is 6.45. The van der Waals surface area contributed by atoms with Crippen molar-refractivity contribution in [2.75, 3.05) is 26.3 Å². The Kier molecular flexibility index (Phi) is 3.66. The molecule has 114 valence electrons. The van der Waals surface area contributed by atoms with Gasteiger partial charge in [0.15, 0.2) is 4.90 Å². The van der Waals surface area contributed by atoms with E-state index >= 15 is 0 Å². The number of hydrogen-bond acceptors (Lipinski definition) is 6. The molecule has 0 aliphatic carbocycles. The summed E-state index contributed by atoms with van der Waals surface area (Å²) >= 11 is 0. The fourth-order valence-corrected chi connectivity index (χ4v) is 3.70. The van der Waals surface area contributed by atoms with Crippen LogP contribution in [0.25, 0.3) is 0 Å². The third-order valence-electron chi connectivity index (χ3n) is 3.30. The second-order valence-corrected chi connectivity index (χ2v) is 6.86. The van der Waals surface area contributed by atoms with Gasteiger partial charge in [-0.2, -0.15) is 4.31 Å². The van der Waals surface area contributed by atoms with Crippen LogP contribution in [-0.2, 0) is 19.5 Å². The molecular weight excluding hydrogens is 300 g/mol. The molecular formula is C12H14N2O6S.